The highest BCUT2D eigenvalue weighted by Crippen LogP contribution is 2.11. The van der Waals surface area contributed by atoms with Gasteiger partial charge in [-0.2, -0.15) is 0 Å². The topological polar surface area (TPSA) is 32.3 Å². The van der Waals surface area contributed by atoms with Crippen LogP contribution in [-0.2, 0) is 6.42 Å². The lowest BCUT2D eigenvalue weighted by molar-refractivity contribution is 0.170. The number of rotatable bonds is 7. The van der Waals surface area contributed by atoms with E-state index in [-0.39, 0.29) is 0 Å². The molecular formula is C18H23NO. The molecule has 106 valence electrons. The Hall–Kier alpha value is -1.64. The van der Waals surface area contributed by atoms with Gasteiger partial charge in [0.15, 0.2) is 0 Å². The van der Waals surface area contributed by atoms with Crippen molar-refractivity contribution >= 4 is 0 Å². The van der Waals surface area contributed by atoms with Crippen molar-refractivity contribution in [1.29, 1.82) is 0 Å². The first kappa shape index (κ1) is 14.8. The minimum absolute atomic E-state index is 0.397. The molecule has 0 saturated carbocycles. The molecule has 1 unspecified atom stereocenters. The van der Waals surface area contributed by atoms with E-state index >= 15 is 0 Å². The van der Waals surface area contributed by atoms with Crippen molar-refractivity contribution in [2.24, 2.45) is 0 Å². The van der Waals surface area contributed by atoms with E-state index in [1.54, 1.807) is 0 Å². The first-order valence-corrected chi connectivity index (χ1v) is 7.26. The Morgan fingerprint density at radius 1 is 0.950 bits per heavy atom. The summed E-state index contributed by atoms with van der Waals surface area (Å²) < 4.78 is 0. The lowest BCUT2D eigenvalue weighted by Crippen LogP contribution is -2.30. The number of hydrogen-bond donors (Lipinski definition) is 2. The largest absolute Gasteiger partial charge is 0.387 e. The molecule has 0 aromatic heterocycles. The predicted molar refractivity (Wildman–Crippen MR) is 83.6 cm³/mol. The molecule has 2 nitrogen and oxygen atoms in total. The summed E-state index contributed by atoms with van der Waals surface area (Å²) in [5.41, 5.74) is 2.33. The molecule has 2 aromatic rings. The van der Waals surface area contributed by atoms with Crippen LogP contribution in [0.2, 0.25) is 0 Å². The van der Waals surface area contributed by atoms with Crippen molar-refractivity contribution in [3.8, 4) is 0 Å². The second-order valence-electron chi connectivity index (χ2n) is 5.26. The van der Waals surface area contributed by atoms with Gasteiger partial charge in [-0.25, -0.2) is 0 Å². The minimum Gasteiger partial charge on any atom is -0.387 e. The Labute approximate surface area is 121 Å². The number of benzene rings is 2. The van der Waals surface area contributed by atoms with E-state index in [0.29, 0.717) is 12.6 Å². The summed E-state index contributed by atoms with van der Waals surface area (Å²) in [6.07, 6.45) is 1.71. The fourth-order valence-electron chi connectivity index (χ4n) is 2.24. The second kappa shape index (κ2) is 7.83. The molecule has 0 radical (unpaired) electrons. The summed E-state index contributed by atoms with van der Waals surface area (Å²) in [4.78, 5) is 0. The number of hydrogen-bond acceptors (Lipinski definition) is 2. The molecular weight excluding hydrogens is 246 g/mol. The van der Waals surface area contributed by atoms with E-state index in [9.17, 15) is 5.11 Å². The van der Waals surface area contributed by atoms with Gasteiger partial charge in [0.1, 0.15) is 0 Å². The number of aliphatic hydroxyl groups is 1. The molecule has 0 aliphatic carbocycles. The standard InChI is InChI=1S/C18H23NO/c1-15(12-13-16-8-4-2-5-9-16)19-14-18(20)17-10-6-3-7-11-17/h2-11,15,18-20H,12-14H2,1H3/t15-,18?/m1/s1. The molecule has 0 fully saturated rings. The average Bonchev–Trinajstić information content (AvgIpc) is 2.52. The summed E-state index contributed by atoms with van der Waals surface area (Å²) in [7, 11) is 0. The zero-order valence-corrected chi connectivity index (χ0v) is 12.0. The van der Waals surface area contributed by atoms with Crippen molar-refractivity contribution in [3.05, 3.63) is 71.8 Å². The van der Waals surface area contributed by atoms with Crippen LogP contribution in [0.4, 0.5) is 0 Å². The Morgan fingerprint density at radius 3 is 2.20 bits per heavy atom. The molecule has 2 heteroatoms. The fourth-order valence-corrected chi connectivity index (χ4v) is 2.24. The third-order valence-corrected chi connectivity index (χ3v) is 3.55. The molecule has 20 heavy (non-hydrogen) atoms. The van der Waals surface area contributed by atoms with Crippen LogP contribution >= 0.6 is 0 Å². The van der Waals surface area contributed by atoms with E-state index in [1.807, 2.05) is 36.4 Å². The monoisotopic (exact) mass is 269 g/mol. The Balaban J connectivity index is 1.71. The normalized spacial score (nSPS) is 13.9. The van der Waals surface area contributed by atoms with Crippen LogP contribution in [0.25, 0.3) is 0 Å². The maximum Gasteiger partial charge on any atom is 0.0914 e. The molecule has 2 rings (SSSR count). The quantitative estimate of drug-likeness (QED) is 0.808. The second-order valence-corrected chi connectivity index (χ2v) is 5.26. The molecule has 0 saturated heterocycles. The summed E-state index contributed by atoms with van der Waals surface area (Å²) >= 11 is 0. The van der Waals surface area contributed by atoms with Gasteiger partial charge in [0.05, 0.1) is 6.10 Å². The maximum absolute atomic E-state index is 10.1. The van der Waals surface area contributed by atoms with Crippen LogP contribution in [-0.4, -0.2) is 17.7 Å². The summed E-state index contributed by atoms with van der Waals surface area (Å²) in [6.45, 7) is 2.76. The van der Waals surface area contributed by atoms with E-state index < -0.39 is 6.10 Å². The maximum atomic E-state index is 10.1. The third-order valence-electron chi connectivity index (χ3n) is 3.55. The van der Waals surface area contributed by atoms with Crippen LogP contribution in [0.15, 0.2) is 60.7 Å². The molecule has 0 heterocycles. The van der Waals surface area contributed by atoms with Crippen molar-refractivity contribution in [2.45, 2.75) is 31.9 Å². The molecule has 0 bridgehead atoms. The van der Waals surface area contributed by atoms with Crippen molar-refractivity contribution in [3.63, 3.8) is 0 Å². The molecule has 0 amide bonds. The SMILES string of the molecule is C[C@H](CCc1ccccc1)NCC(O)c1ccccc1. The van der Waals surface area contributed by atoms with Gasteiger partial charge in [-0.1, -0.05) is 60.7 Å². The van der Waals surface area contributed by atoms with E-state index in [4.69, 9.17) is 0 Å². The average molecular weight is 269 g/mol. The van der Waals surface area contributed by atoms with Crippen LogP contribution in [0.1, 0.15) is 30.6 Å². The number of aliphatic hydroxyl groups excluding tert-OH is 1. The first-order chi connectivity index (χ1) is 9.75. The van der Waals surface area contributed by atoms with Crippen LogP contribution in [0, 0.1) is 0 Å². The zero-order valence-electron chi connectivity index (χ0n) is 12.0. The molecule has 0 aliphatic rings. The number of nitrogens with one attached hydrogen (secondary N) is 1. The highest BCUT2D eigenvalue weighted by atomic mass is 16.3. The Kier molecular flexibility index (Phi) is 5.78. The lowest BCUT2D eigenvalue weighted by Gasteiger charge is -2.17. The summed E-state index contributed by atoms with van der Waals surface area (Å²) in [5.74, 6) is 0. The lowest BCUT2D eigenvalue weighted by atomic mass is 10.1. The van der Waals surface area contributed by atoms with E-state index in [0.717, 1.165) is 18.4 Å². The van der Waals surface area contributed by atoms with Crippen molar-refractivity contribution < 1.29 is 5.11 Å². The van der Waals surface area contributed by atoms with Crippen LogP contribution < -0.4 is 5.32 Å². The van der Waals surface area contributed by atoms with Gasteiger partial charge in [-0.05, 0) is 30.9 Å². The van der Waals surface area contributed by atoms with Gasteiger partial charge in [0.25, 0.3) is 0 Å². The minimum atomic E-state index is -0.435. The Morgan fingerprint density at radius 2 is 1.55 bits per heavy atom. The van der Waals surface area contributed by atoms with Crippen molar-refractivity contribution in [1.82, 2.24) is 5.32 Å². The zero-order chi connectivity index (χ0) is 14.2. The van der Waals surface area contributed by atoms with Gasteiger partial charge < -0.3 is 10.4 Å². The highest BCUT2D eigenvalue weighted by Gasteiger charge is 2.08. The molecule has 2 atom stereocenters. The van der Waals surface area contributed by atoms with Gasteiger partial charge in [0.2, 0.25) is 0 Å². The number of aryl methyl sites for hydroxylation is 1. The highest BCUT2D eigenvalue weighted by molar-refractivity contribution is 5.17. The summed E-state index contributed by atoms with van der Waals surface area (Å²) in [6, 6.07) is 20.7. The van der Waals surface area contributed by atoms with E-state index in [1.165, 1.54) is 5.56 Å². The predicted octanol–water partition coefficient (Wildman–Crippen LogP) is 3.33. The van der Waals surface area contributed by atoms with Gasteiger partial charge in [-0.15, -0.1) is 0 Å². The summed E-state index contributed by atoms with van der Waals surface area (Å²) in [5, 5.41) is 13.5. The Bertz CT molecular complexity index is 483. The van der Waals surface area contributed by atoms with Crippen LogP contribution in [0.3, 0.4) is 0 Å². The molecule has 0 aliphatic heterocycles. The molecule has 0 spiro atoms. The van der Waals surface area contributed by atoms with Gasteiger partial charge in [-0.3, -0.25) is 0 Å². The third kappa shape index (κ3) is 4.80. The fraction of sp³-hybridized carbons (Fsp3) is 0.333. The molecule has 2 aromatic carbocycles. The smallest absolute Gasteiger partial charge is 0.0914 e. The van der Waals surface area contributed by atoms with Crippen LogP contribution in [0.5, 0.6) is 0 Å². The first-order valence-electron chi connectivity index (χ1n) is 7.26. The molecule has 2 N–H and O–H groups in total. The van der Waals surface area contributed by atoms with Gasteiger partial charge >= 0.3 is 0 Å². The van der Waals surface area contributed by atoms with E-state index in [2.05, 4.69) is 36.5 Å². The van der Waals surface area contributed by atoms with Crippen molar-refractivity contribution in [2.75, 3.05) is 6.54 Å². The van der Waals surface area contributed by atoms with Gasteiger partial charge in [0, 0.05) is 12.6 Å².